The fourth-order valence-electron chi connectivity index (χ4n) is 1.85. The summed E-state index contributed by atoms with van der Waals surface area (Å²) in [6, 6.07) is 4.74. The van der Waals surface area contributed by atoms with Crippen molar-refractivity contribution in [3.63, 3.8) is 0 Å². The number of hydrogen-bond donors (Lipinski definition) is 1. The molecule has 1 heterocycles. The van der Waals surface area contributed by atoms with E-state index in [2.05, 4.69) is 10.4 Å². The van der Waals surface area contributed by atoms with Gasteiger partial charge in [0.1, 0.15) is 11.6 Å². The van der Waals surface area contributed by atoms with Gasteiger partial charge in [-0.15, -0.1) is 0 Å². The molecule has 5 nitrogen and oxygen atoms in total. The van der Waals surface area contributed by atoms with Crippen molar-refractivity contribution < 1.29 is 13.6 Å². The number of carbonyl (C=O) groups excluding carboxylic acids is 1. The quantitative estimate of drug-likeness (QED) is 0.938. The van der Waals surface area contributed by atoms with Gasteiger partial charge < -0.3 is 10.2 Å². The summed E-state index contributed by atoms with van der Waals surface area (Å²) in [5.74, 6) is -1.30. The van der Waals surface area contributed by atoms with Gasteiger partial charge in [-0.2, -0.15) is 5.10 Å². The Kier molecular flexibility index (Phi) is 4.52. The second kappa shape index (κ2) is 6.34. The van der Waals surface area contributed by atoms with Crippen molar-refractivity contribution in [2.45, 2.75) is 13.1 Å². The molecule has 112 valence electrons. The first-order valence-electron chi connectivity index (χ1n) is 6.37. The van der Waals surface area contributed by atoms with Crippen LogP contribution in [0.25, 0.3) is 0 Å². The van der Waals surface area contributed by atoms with Crippen LogP contribution in [0.1, 0.15) is 11.3 Å². The van der Waals surface area contributed by atoms with Crippen LogP contribution in [0.5, 0.6) is 0 Å². The number of amides is 2. The van der Waals surface area contributed by atoms with E-state index >= 15 is 0 Å². The minimum absolute atomic E-state index is 0.0589. The van der Waals surface area contributed by atoms with E-state index in [0.717, 1.165) is 11.8 Å². The summed E-state index contributed by atoms with van der Waals surface area (Å²) in [5, 5.41) is 6.70. The average Bonchev–Trinajstić information content (AvgIpc) is 2.84. The summed E-state index contributed by atoms with van der Waals surface area (Å²) in [6.45, 7) is 0.384. The van der Waals surface area contributed by atoms with E-state index in [1.807, 2.05) is 0 Å². The summed E-state index contributed by atoms with van der Waals surface area (Å²) < 4.78 is 28.0. The van der Waals surface area contributed by atoms with Crippen molar-refractivity contribution in [3.05, 3.63) is 53.4 Å². The molecule has 21 heavy (non-hydrogen) atoms. The SMILES string of the molecule is CN(Cc1ccc(F)cc1F)C(=O)NCc1ccnn1C. The molecular weight excluding hydrogens is 278 g/mol. The number of carbonyl (C=O) groups is 1. The summed E-state index contributed by atoms with van der Waals surface area (Å²) >= 11 is 0. The minimum atomic E-state index is -0.665. The second-order valence-electron chi connectivity index (χ2n) is 4.70. The Bertz CT molecular complexity index is 642. The molecule has 0 spiro atoms. The van der Waals surface area contributed by atoms with E-state index in [9.17, 15) is 13.6 Å². The van der Waals surface area contributed by atoms with Crippen LogP contribution in [0.3, 0.4) is 0 Å². The Morgan fingerprint density at radius 3 is 2.76 bits per heavy atom. The molecule has 2 aromatic rings. The molecule has 0 fully saturated rings. The minimum Gasteiger partial charge on any atom is -0.332 e. The number of rotatable bonds is 4. The molecule has 0 atom stereocenters. The number of aryl methyl sites for hydroxylation is 1. The monoisotopic (exact) mass is 294 g/mol. The zero-order chi connectivity index (χ0) is 15.4. The first-order chi connectivity index (χ1) is 9.97. The molecule has 0 saturated carbocycles. The van der Waals surface area contributed by atoms with Crippen LogP contribution < -0.4 is 5.32 Å². The van der Waals surface area contributed by atoms with Crippen LogP contribution in [0.2, 0.25) is 0 Å². The molecule has 0 unspecified atom stereocenters. The zero-order valence-electron chi connectivity index (χ0n) is 11.8. The molecule has 2 amide bonds. The van der Waals surface area contributed by atoms with Crippen LogP contribution in [0.15, 0.2) is 30.5 Å². The number of nitrogens with zero attached hydrogens (tertiary/aromatic N) is 3. The van der Waals surface area contributed by atoms with E-state index in [-0.39, 0.29) is 18.1 Å². The highest BCUT2D eigenvalue weighted by Gasteiger charge is 2.12. The molecule has 0 aliphatic rings. The summed E-state index contributed by atoms with van der Waals surface area (Å²) in [5.41, 5.74) is 1.11. The summed E-state index contributed by atoms with van der Waals surface area (Å²) in [4.78, 5) is 13.2. The predicted octanol–water partition coefficient (Wildman–Crippen LogP) is 2.04. The highest BCUT2D eigenvalue weighted by atomic mass is 19.1. The number of nitrogens with one attached hydrogen (secondary N) is 1. The molecule has 0 aliphatic heterocycles. The van der Waals surface area contributed by atoms with E-state index in [1.54, 1.807) is 31.0 Å². The molecule has 1 aromatic heterocycles. The van der Waals surface area contributed by atoms with Crippen LogP contribution >= 0.6 is 0 Å². The predicted molar refractivity (Wildman–Crippen MR) is 73.3 cm³/mol. The second-order valence-corrected chi connectivity index (χ2v) is 4.70. The molecule has 1 aromatic carbocycles. The highest BCUT2D eigenvalue weighted by Crippen LogP contribution is 2.11. The van der Waals surface area contributed by atoms with Crippen molar-refractivity contribution in [2.24, 2.45) is 7.05 Å². The van der Waals surface area contributed by atoms with Crippen LogP contribution in [0, 0.1) is 11.6 Å². The lowest BCUT2D eigenvalue weighted by molar-refractivity contribution is 0.205. The Morgan fingerprint density at radius 2 is 2.14 bits per heavy atom. The Hall–Kier alpha value is -2.44. The molecule has 0 saturated heterocycles. The Morgan fingerprint density at radius 1 is 1.38 bits per heavy atom. The van der Waals surface area contributed by atoms with Crippen LogP contribution in [-0.2, 0) is 20.1 Å². The molecule has 2 rings (SSSR count). The molecule has 0 radical (unpaired) electrons. The normalized spacial score (nSPS) is 10.5. The van der Waals surface area contributed by atoms with Crippen molar-refractivity contribution in [2.75, 3.05) is 7.05 Å². The number of aromatic nitrogens is 2. The lowest BCUT2D eigenvalue weighted by Crippen LogP contribution is -2.36. The first kappa shape index (κ1) is 15.0. The van der Waals surface area contributed by atoms with Crippen molar-refractivity contribution in [1.29, 1.82) is 0 Å². The number of benzene rings is 1. The molecule has 1 N–H and O–H groups in total. The van der Waals surface area contributed by atoms with Gasteiger partial charge in [-0.05, 0) is 12.1 Å². The summed E-state index contributed by atoms with van der Waals surface area (Å²) in [6.07, 6.45) is 1.64. The maximum absolute atomic E-state index is 13.5. The van der Waals surface area contributed by atoms with Crippen LogP contribution in [0.4, 0.5) is 13.6 Å². The number of urea groups is 1. The van der Waals surface area contributed by atoms with Crippen molar-refractivity contribution in [3.8, 4) is 0 Å². The van der Waals surface area contributed by atoms with Gasteiger partial charge in [0.25, 0.3) is 0 Å². The van der Waals surface area contributed by atoms with Gasteiger partial charge in [0.15, 0.2) is 0 Å². The van der Waals surface area contributed by atoms with Gasteiger partial charge in [0, 0.05) is 38.5 Å². The topological polar surface area (TPSA) is 50.2 Å². The van der Waals surface area contributed by atoms with E-state index < -0.39 is 11.6 Å². The molecule has 0 bridgehead atoms. The van der Waals surface area contributed by atoms with E-state index in [1.165, 1.54) is 17.0 Å². The smallest absolute Gasteiger partial charge is 0.317 e. The maximum Gasteiger partial charge on any atom is 0.317 e. The van der Waals surface area contributed by atoms with Gasteiger partial charge in [0.05, 0.1) is 12.2 Å². The molecular formula is C14H16F2N4O. The largest absolute Gasteiger partial charge is 0.332 e. The average molecular weight is 294 g/mol. The Balaban J connectivity index is 1.92. The lowest BCUT2D eigenvalue weighted by atomic mass is 10.2. The fraction of sp³-hybridized carbons (Fsp3) is 0.286. The molecule has 0 aliphatic carbocycles. The third-order valence-corrected chi connectivity index (χ3v) is 3.11. The van der Waals surface area contributed by atoms with Crippen molar-refractivity contribution >= 4 is 6.03 Å². The van der Waals surface area contributed by atoms with Gasteiger partial charge in [-0.25, -0.2) is 13.6 Å². The maximum atomic E-state index is 13.5. The molecule has 7 heteroatoms. The van der Waals surface area contributed by atoms with Gasteiger partial charge >= 0.3 is 6.03 Å². The highest BCUT2D eigenvalue weighted by molar-refractivity contribution is 5.73. The summed E-state index contributed by atoms with van der Waals surface area (Å²) in [7, 11) is 3.32. The van der Waals surface area contributed by atoms with Gasteiger partial charge in [0.2, 0.25) is 0 Å². The third kappa shape index (κ3) is 3.77. The zero-order valence-corrected chi connectivity index (χ0v) is 11.8. The standard InChI is InChI=1S/C14H16F2N4O/c1-19(9-10-3-4-11(15)7-13(10)16)14(21)17-8-12-5-6-18-20(12)2/h3-7H,8-9H2,1-2H3,(H,17,21). The number of halogens is 2. The van der Waals surface area contributed by atoms with Gasteiger partial charge in [-0.1, -0.05) is 6.07 Å². The van der Waals surface area contributed by atoms with Crippen LogP contribution in [-0.4, -0.2) is 27.8 Å². The Labute approximate surface area is 121 Å². The fourth-order valence-corrected chi connectivity index (χ4v) is 1.85. The van der Waals surface area contributed by atoms with E-state index in [4.69, 9.17) is 0 Å². The van der Waals surface area contributed by atoms with E-state index in [0.29, 0.717) is 6.54 Å². The lowest BCUT2D eigenvalue weighted by Gasteiger charge is -2.18. The van der Waals surface area contributed by atoms with Gasteiger partial charge in [-0.3, -0.25) is 4.68 Å². The van der Waals surface area contributed by atoms with Crippen molar-refractivity contribution in [1.82, 2.24) is 20.0 Å². The first-order valence-corrected chi connectivity index (χ1v) is 6.37. The third-order valence-electron chi connectivity index (χ3n) is 3.11. The number of hydrogen-bond acceptors (Lipinski definition) is 2.